The van der Waals surface area contributed by atoms with Crippen molar-refractivity contribution in [2.75, 3.05) is 33.7 Å². The molecular weight excluding hydrogens is 483 g/mol. The van der Waals surface area contributed by atoms with Crippen LogP contribution in [0.15, 0.2) is 48.4 Å². The number of carbonyl (C=O) groups is 2. The van der Waals surface area contributed by atoms with E-state index in [9.17, 15) is 14.0 Å². The van der Waals surface area contributed by atoms with Crippen molar-refractivity contribution in [1.82, 2.24) is 31.5 Å². The molecule has 1 aromatic carbocycles. The van der Waals surface area contributed by atoms with Gasteiger partial charge >= 0.3 is 0 Å². The van der Waals surface area contributed by atoms with Crippen molar-refractivity contribution in [2.24, 2.45) is 11.3 Å². The van der Waals surface area contributed by atoms with E-state index in [0.717, 1.165) is 48.9 Å². The van der Waals surface area contributed by atoms with Gasteiger partial charge in [-0.3, -0.25) is 9.59 Å². The number of dihydropyridines is 1. The second kappa shape index (κ2) is 11.3. The second-order valence-corrected chi connectivity index (χ2v) is 10.9. The fraction of sp³-hybridized carbons (Fsp3) is 0.517. The largest absolute Gasteiger partial charge is 0.388 e. The fourth-order valence-electron chi connectivity index (χ4n) is 5.65. The molecule has 3 fully saturated rings. The van der Waals surface area contributed by atoms with Gasteiger partial charge < -0.3 is 31.5 Å². The van der Waals surface area contributed by atoms with Crippen LogP contribution in [0.3, 0.4) is 0 Å². The zero-order chi connectivity index (χ0) is 26.7. The summed E-state index contributed by atoms with van der Waals surface area (Å²) in [4.78, 5) is 28.4. The Labute approximate surface area is 224 Å². The molecule has 2 heterocycles. The summed E-state index contributed by atoms with van der Waals surface area (Å²) in [5.41, 5.74) is 2.86. The average Bonchev–Trinajstić information content (AvgIpc) is 3.84. The number of amides is 2. The normalized spacial score (nSPS) is 25.3. The summed E-state index contributed by atoms with van der Waals surface area (Å²) in [5, 5.41) is 15.7. The number of benzene rings is 1. The molecular formula is C29H39FN6O2. The Balaban J connectivity index is 1.24. The van der Waals surface area contributed by atoms with Gasteiger partial charge in [0.05, 0.1) is 5.41 Å². The molecule has 2 amide bonds. The molecule has 204 valence electrons. The predicted octanol–water partition coefficient (Wildman–Crippen LogP) is 1.97. The number of hydrogen-bond acceptors (Lipinski definition) is 6. The number of nitrogens with zero attached hydrogens (tertiary/aromatic N) is 1. The lowest BCUT2D eigenvalue weighted by molar-refractivity contribution is -0.135. The number of likely N-dealkylation sites (N-methyl/N-ethyl adjacent to an activating group) is 1. The Morgan fingerprint density at radius 2 is 2.00 bits per heavy atom. The quantitative estimate of drug-likeness (QED) is 0.288. The van der Waals surface area contributed by atoms with E-state index in [1.807, 2.05) is 43.4 Å². The molecule has 2 aliphatic carbocycles. The predicted molar refractivity (Wildman–Crippen MR) is 146 cm³/mol. The number of nitrogens with one attached hydrogen (secondary N) is 5. The molecule has 0 spiro atoms. The number of allylic oxidation sites excluding steroid dienone is 1. The van der Waals surface area contributed by atoms with E-state index < -0.39 is 6.04 Å². The Bertz CT molecular complexity index is 1160. The molecule has 5 rings (SSSR count). The monoisotopic (exact) mass is 522 g/mol. The van der Waals surface area contributed by atoms with Gasteiger partial charge in [0.15, 0.2) is 0 Å². The highest BCUT2D eigenvalue weighted by molar-refractivity contribution is 5.89. The number of halogens is 1. The second-order valence-electron chi connectivity index (χ2n) is 10.9. The maximum atomic E-state index is 14.5. The van der Waals surface area contributed by atoms with E-state index in [1.54, 1.807) is 6.20 Å². The van der Waals surface area contributed by atoms with Crippen molar-refractivity contribution in [2.45, 2.75) is 50.7 Å². The van der Waals surface area contributed by atoms with Crippen LogP contribution >= 0.6 is 0 Å². The summed E-state index contributed by atoms with van der Waals surface area (Å²) in [6.07, 6.45) is 12.7. The van der Waals surface area contributed by atoms with Crippen LogP contribution in [0.5, 0.6) is 0 Å². The zero-order valence-corrected chi connectivity index (χ0v) is 22.3. The molecule has 2 atom stereocenters. The Kier molecular flexibility index (Phi) is 7.85. The Hall–Kier alpha value is -3.17. The topological polar surface area (TPSA) is 97.5 Å². The van der Waals surface area contributed by atoms with Crippen LogP contribution in [0.2, 0.25) is 0 Å². The number of carbonyl (C=O) groups excluding carboxylic acids is 2. The van der Waals surface area contributed by atoms with Crippen LogP contribution in [-0.2, 0) is 16.1 Å². The van der Waals surface area contributed by atoms with Gasteiger partial charge in [-0.05, 0) is 105 Å². The molecule has 2 aliphatic heterocycles. The molecule has 1 unspecified atom stereocenters. The van der Waals surface area contributed by atoms with Gasteiger partial charge in [-0.2, -0.15) is 0 Å². The lowest BCUT2D eigenvalue weighted by Gasteiger charge is -2.29. The minimum Gasteiger partial charge on any atom is -0.388 e. The van der Waals surface area contributed by atoms with Gasteiger partial charge in [0, 0.05) is 44.1 Å². The van der Waals surface area contributed by atoms with Gasteiger partial charge in [-0.1, -0.05) is 0 Å². The Morgan fingerprint density at radius 3 is 2.71 bits per heavy atom. The van der Waals surface area contributed by atoms with Crippen LogP contribution in [0, 0.1) is 17.2 Å². The molecule has 1 aromatic rings. The molecule has 4 aliphatic rings. The summed E-state index contributed by atoms with van der Waals surface area (Å²) in [6.45, 7) is 2.15. The number of likely N-dealkylation sites (tertiary alicyclic amines) is 1. The van der Waals surface area contributed by atoms with Crippen molar-refractivity contribution in [3.8, 4) is 0 Å². The summed E-state index contributed by atoms with van der Waals surface area (Å²) in [6, 6.07) is 4.78. The first-order valence-electron chi connectivity index (χ1n) is 13.7. The molecule has 38 heavy (non-hydrogen) atoms. The van der Waals surface area contributed by atoms with E-state index in [-0.39, 0.29) is 29.6 Å². The molecule has 1 saturated heterocycles. The average molecular weight is 523 g/mol. The molecule has 0 aromatic heterocycles. The van der Waals surface area contributed by atoms with E-state index in [0.29, 0.717) is 37.2 Å². The SMILES string of the molecule is CNC/C(=C\NC1CC1)c1cc(F)cc(CNC(=O)C2C=C(N3CC[C@@](CNC)(C4CC4)C3=O)C=CN2)c1. The van der Waals surface area contributed by atoms with Crippen LogP contribution in [0.4, 0.5) is 4.39 Å². The molecule has 0 radical (unpaired) electrons. The van der Waals surface area contributed by atoms with Crippen molar-refractivity contribution in [3.05, 3.63) is 65.4 Å². The van der Waals surface area contributed by atoms with Crippen molar-refractivity contribution in [3.63, 3.8) is 0 Å². The summed E-state index contributed by atoms with van der Waals surface area (Å²) >= 11 is 0. The molecule has 0 bridgehead atoms. The Morgan fingerprint density at radius 1 is 1.18 bits per heavy atom. The van der Waals surface area contributed by atoms with Gasteiger partial charge in [0.2, 0.25) is 11.8 Å². The minimum atomic E-state index is -0.612. The first-order chi connectivity index (χ1) is 18.4. The molecule has 9 heteroatoms. The molecule has 5 N–H and O–H groups in total. The van der Waals surface area contributed by atoms with Gasteiger partial charge in [-0.15, -0.1) is 0 Å². The van der Waals surface area contributed by atoms with Crippen LogP contribution in [0.1, 0.15) is 43.2 Å². The molecule has 8 nitrogen and oxygen atoms in total. The van der Waals surface area contributed by atoms with Gasteiger partial charge in [0.25, 0.3) is 0 Å². The van der Waals surface area contributed by atoms with Gasteiger partial charge in [0.1, 0.15) is 11.9 Å². The summed E-state index contributed by atoms with van der Waals surface area (Å²) in [5.74, 6) is 0.0332. The summed E-state index contributed by atoms with van der Waals surface area (Å²) < 4.78 is 14.5. The van der Waals surface area contributed by atoms with E-state index >= 15 is 0 Å². The van der Waals surface area contributed by atoms with Crippen LogP contribution < -0.4 is 26.6 Å². The first-order valence-corrected chi connectivity index (χ1v) is 13.7. The standard InChI is InChI=1S/C29H39FN6O2/c1-31-16-21(17-34-24-5-6-24)20-11-19(12-23(30)13-20)15-35-27(37)26-14-25(7-9-33-26)36-10-8-29(18-32-2,28(36)38)22-3-4-22/h7,9,11-14,17,22,24,26,31-34H,3-6,8,10,15-16,18H2,1-2H3,(H,35,37)/b21-17+/t26?,29-/m1/s1. The maximum absolute atomic E-state index is 14.5. The fourth-order valence-corrected chi connectivity index (χ4v) is 5.65. The first kappa shape index (κ1) is 26.4. The van der Waals surface area contributed by atoms with Gasteiger partial charge in [-0.25, -0.2) is 4.39 Å². The van der Waals surface area contributed by atoms with E-state index in [4.69, 9.17) is 0 Å². The van der Waals surface area contributed by atoms with E-state index in [2.05, 4.69) is 26.6 Å². The third kappa shape index (κ3) is 5.78. The van der Waals surface area contributed by atoms with Crippen molar-refractivity contribution in [1.29, 1.82) is 0 Å². The van der Waals surface area contributed by atoms with E-state index in [1.165, 1.54) is 12.1 Å². The minimum absolute atomic E-state index is 0.153. The van der Waals surface area contributed by atoms with Crippen LogP contribution in [-0.4, -0.2) is 62.5 Å². The summed E-state index contributed by atoms with van der Waals surface area (Å²) in [7, 11) is 3.76. The van der Waals surface area contributed by atoms with Crippen LogP contribution in [0.25, 0.3) is 5.57 Å². The zero-order valence-electron chi connectivity index (χ0n) is 22.3. The number of hydrogen-bond donors (Lipinski definition) is 5. The lowest BCUT2D eigenvalue weighted by Crippen LogP contribution is -2.45. The highest BCUT2D eigenvalue weighted by Gasteiger charge is 2.55. The maximum Gasteiger partial charge on any atom is 0.246 e. The lowest BCUT2D eigenvalue weighted by atomic mass is 9.81. The van der Waals surface area contributed by atoms with Crippen molar-refractivity contribution < 1.29 is 14.0 Å². The highest BCUT2D eigenvalue weighted by Crippen LogP contribution is 2.52. The third-order valence-corrected chi connectivity index (χ3v) is 8.00. The third-order valence-electron chi connectivity index (χ3n) is 8.00. The highest BCUT2D eigenvalue weighted by atomic mass is 19.1. The molecule has 2 saturated carbocycles. The van der Waals surface area contributed by atoms with Crippen molar-refractivity contribution >= 4 is 17.4 Å². The number of rotatable bonds is 12. The smallest absolute Gasteiger partial charge is 0.246 e.